The molecule has 92 valence electrons. The van der Waals surface area contributed by atoms with Gasteiger partial charge in [0.1, 0.15) is 5.82 Å². The van der Waals surface area contributed by atoms with E-state index in [2.05, 4.69) is 9.88 Å². The summed E-state index contributed by atoms with van der Waals surface area (Å²) in [7, 11) is 1.44. The van der Waals surface area contributed by atoms with Crippen molar-refractivity contribution in [3.8, 4) is 0 Å². The lowest BCUT2D eigenvalue weighted by Gasteiger charge is -2.32. The molecule has 2 rings (SSSR count). The van der Waals surface area contributed by atoms with E-state index >= 15 is 0 Å². The second kappa shape index (κ2) is 5.03. The Morgan fingerprint density at radius 1 is 1.53 bits per heavy atom. The maximum atomic E-state index is 11.4. The standard InChI is InChI=1S/C12H17N3O2/c1-17-12(16)9-3-6-15(7-4-9)10-2-5-14-11(13)8-10/h2,5,8-9H,3-4,6-7H2,1H3,(H2,13,14). The summed E-state index contributed by atoms with van der Waals surface area (Å²) in [5, 5.41) is 0. The topological polar surface area (TPSA) is 68.5 Å². The Bertz CT molecular complexity index is 400. The Hall–Kier alpha value is -1.78. The highest BCUT2D eigenvalue weighted by atomic mass is 16.5. The van der Waals surface area contributed by atoms with Crippen LogP contribution in [0.1, 0.15) is 12.8 Å². The predicted octanol–water partition coefficient (Wildman–Crippen LogP) is 1.05. The lowest BCUT2D eigenvalue weighted by Crippen LogP contribution is -2.36. The highest BCUT2D eigenvalue weighted by molar-refractivity contribution is 5.72. The Morgan fingerprint density at radius 2 is 2.24 bits per heavy atom. The van der Waals surface area contributed by atoms with Gasteiger partial charge in [0.2, 0.25) is 0 Å². The molecule has 0 atom stereocenters. The number of anilines is 2. The quantitative estimate of drug-likeness (QED) is 0.776. The molecule has 0 bridgehead atoms. The molecule has 0 radical (unpaired) electrons. The summed E-state index contributed by atoms with van der Waals surface area (Å²) in [5.41, 5.74) is 6.72. The van der Waals surface area contributed by atoms with Crippen molar-refractivity contribution in [2.45, 2.75) is 12.8 Å². The van der Waals surface area contributed by atoms with Crippen LogP contribution in [0.4, 0.5) is 11.5 Å². The van der Waals surface area contributed by atoms with E-state index < -0.39 is 0 Å². The maximum absolute atomic E-state index is 11.4. The number of hydrogen-bond donors (Lipinski definition) is 1. The molecule has 17 heavy (non-hydrogen) atoms. The van der Waals surface area contributed by atoms with Gasteiger partial charge in [-0.2, -0.15) is 0 Å². The monoisotopic (exact) mass is 235 g/mol. The van der Waals surface area contributed by atoms with Crippen LogP contribution in [0.25, 0.3) is 0 Å². The van der Waals surface area contributed by atoms with Crippen molar-refractivity contribution in [2.75, 3.05) is 30.8 Å². The first kappa shape index (κ1) is 11.7. The maximum Gasteiger partial charge on any atom is 0.308 e. The molecule has 1 aromatic rings. The van der Waals surface area contributed by atoms with Gasteiger partial charge in [-0.25, -0.2) is 4.98 Å². The smallest absolute Gasteiger partial charge is 0.308 e. The van der Waals surface area contributed by atoms with Crippen LogP contribution in [0.5, 0.6) is 0 Å². The van der Waals surface area contributed by atoms with Crippen LogP contribution in [0.15, 0.2) is 18.3 Å². The van der Waals surface area contributed by atoms with Crippen LogP contribution in [0.2, 0.25) is 0 Å². The Morgan fingerprint density at radius 3 is 2.82 bits per heavy atom. The highest BCUT2D eigenvalue weighted by Gasteiger charge is 2.25. The molecule has 2 heterocycles. The molecule has 5 heteroatoms. The molecule has 0 aliphatic carbocycles. The second-order valence-corrected chi connectivity index (χ2v) is 4.22. The van der Waals surface area contributed by atoms with Crippen molar-refractivity contribution in [2.24, 2.45) is 5.92 Å². The molecule has 1 aromatic heterocycles. The number of nitrogens with two attached hydrogens (primary N) is 1. The molecule has 0 unspecified atom stereocenters. The fourth-order valence-corrected chi connectivity index (χ4v) is 2.17. The van der Waals surface area contributed by atoms with E-state index in [0.717, 1.165) is 31.6 Å². The third-order valence-electron chi connectivity index (χ3n) is 3.16. The lowest BCUT2D eigenvalue weighted by molar-refractivity contribution is -0.146. The number of ether oxygens (including phenoxy) is 1. The van der Waals surface area contributed by atoms with Crippen molar-refractivity contribution >= 4 is 17.5 Å². The highest BCUT2D eigenvalue weighted by Crippen LogP contribution is 2.24. The van der Waals surface area contributed by atoms with Gasteiger partial charge in [0.15, 0.2) is 0 Å². The first-order valence-corrected chi connectivity index (χ1v) is 5.75. The van der Waals surface area contributed by atoms with Crippen LogP contribution < -0.4 is 10.6 Å². The molecule has 1 fully saturated rings. The van der Waals surface area contributed by atoms with E-state index in [1.165, 1.54) is 7.11 Å². The number of nitrogens with zero attached hydrogens (tertiary/aromatic N) is 2. The number of nitrogen functional groups attached to an aromatic ring is 1. The van der Waals surface area contributed by atoms with Crippen molar-refractivity contribution in [1.29, 1.82) is 0 Å². The van der Waals surface area contributed by atoms with Crippen molar-refractivity contribution < 1.29 is 9.53 Å². The zero-order valence-corrected chi connectivity index (χ0v) is 9.93. The minimum Gasteiger partial charge on any atom is -0.469 e. The Labute approximate surface area is 101 Å². The Balaban J connectivity index is 1.97. The fourth-order valence-electron chi connectivity index (χ4n) is 2.17. The van der Waals surface area contributed by atoms with Crippen LogP contribution in [0.3, 0.4) is 0 Å². The van der Waals surface area contributed by atoms with Gasteiger partial charge in [0.25, 0.3) is 0 Å². The minimum atomic E-state index is -0.0982. The summed E-state index contributed by atoms with van der Waals surface area (Å²) in [4.78, 5) is 17.6. The van der Waals surface area contributed by atoms with E-state index in [0.29, 0.717) is 5.82 Å². The van der Waals surface area contributed by atoms with E-state index in [4.69, 9.17) is 10.5 Å². The lowest BCUT2D eigenvalue weighted by atomic mass is 9.97. The molecule has 0 aromatic carbocycles. The summed E-state index contributed by atoms with van der Waals surface area (Å²) in [5.74, 6) is 0.465. The number of aromatic nitrogens is 1. The molecule has 5 nitrogen and oxygen atoms in total. The summed E-state index contributed by atoms with van der Waals surface area (Å²) in [6, 6.07) is 3.80. The van der Waals surface area contributed by atoms with E-state index in [-0.39, 0.29) is 11.9 Å². The summed E-state index contributed by atoms with van der Waals surface area (Å²) < 4.78 is 4.76. The molecule has 2 N–H and O–H groups in total. The van der Waals surface area contributed by atoms with Crippen molar-refractivity contribution in [3.05, 3.63) is 18.3 Å². The molecule has 0 amide bonds. The number of pyridine rings is 1. The fraction of sp³-hybridized carbons (Fsp3) is 0.500. The largest absolute Gasteiger partial charge is 0.469 e. The number of esters is 1. The molecule has 1 aliphatic heterocycles. The third-order valence-corrected chi connectivity index (χ3v) is 3.16. The van der Waals surface area contributed by atoms with Gasteiger partial charge in [0.05, 0.1) is 13.0 Å². The van der Waals surface area contributed by atoms with Gasteiger partial charge in [0, 0.05) is 31.0 Å². The first-order chi connectivity index (χ1) is 8.20. The number of hydrogen-bond acceptors (Lipinski definition) is 5. The van der Waals surface area contributed by atoms with Crippen LogP contribution in [0, 0.1) is 5.92 Å². The average Bonchev–Trinajstić information content (AvgIpc) is 2.38. The molecular formula is C12H17N3O2. The molecule has 1 saturated heterocycles. The number of piperidine rings is 1. The third kappa shape index (κ3) is 2.67. The van der Waals surface area contributed by atoms with Crippen LogP contribution in [-0.2, 0) is 9.53 Å². The van der Waals surface area contributed by atoms with Crippen molar-refractivity contribution in [1.82, 2.24) is 4.98 Å². The number of rotatable bonds is 2. The van der Waals surface area contributed by atoms with Gasteiger partial charge in [-0.1, -0.05) is 0 Å². The number of carbonyl (C=O) groups excluding carboxylic acids is 1. The van der Waals surface area contributed by atoms with Gasteiger partial charge in [-0.15, -0.1) is 0 Å². The Kier molecular flexibility index (Phi) is 3.46. The molecule has 0 saturated carbocycles. The van der Waals surface area contributed by atoms with E-state index in [1.54, 1.807) is 6.20 Å². The van der Waals surface area contributed by atoms with Crippen LogP contribution in [-0.4, -0.2) is 31.2 Å². The van der Waals surface area contributed by atoms with E-state index in [9.17, 15) is 4.79 Å². The van der Waals surface area contributed by atoms with Gasteiger partial charge >= 0.3 is 5.97 Å². The summed E-state index contributed by atoms with van der Waals surface area (Å²) in [6.45, 7) is 1.70. The number of carbonyl (C=O) groups is 1. The van der Waals surface area contributed by atoms with Gasteiger partial charge < -0.3 is 15.4 Å². The SMILES string of the molecule is COC(=O)C1CCN(c2ccnc(N)c2)CC1. The average molecular weight is 235 g/mol. The summed E-state index contributed by atoms with van der Waals surface area (Å²) >= 11 is 0. The zero-order chi connectivity index (χ0) is 12.3. The second-order valence-electron chi connectivity index (χ2n) is 4.22. The first-order valence-electron chi connectivity index (χ1n) is 5.75. The van der Waals surface area contributed by atoms with Crippen molar-refractivity contribution in [3.63, 3.8) is 0 Å². The molecule has 0 spiro atoms. The predicted molar refractivity (Wildman–Crippen MR) is 65.6 cm³/mol. The normalized spacial score (nSPS) is 16.9. The number of methoxy groups -OCH3 is 1. The van der Waals surface area contributed by atoms with Gasteiger partial charge in [-0.3, -0.25) is 4.79 Å². The molecule has 1 aliphatic rings. The molecular weight excluding hydrogens is 218 g/mol. The minimum absolute atomic E-state index is 0.0374. The van der Waals surface area contributed by atoms with E-state index in [1.807, 2.05) is 12.1 Å². The summed E-state index contributed by atoms with van der Waals surface area (Å²) in [6.07, 6.45) is 3.36. The zero-order valence-electron chi connectivity index (χ0n) is 9.93. The van der Waals surface area contributed by atoms with Crippen LogP contribution >= 0.6 is 0 Å². The van der Waals surface area contributed by atoms with Gasteiger partial charge in [-0.05, 0) is 18.9 Å².